The van der Waals surface area contributed by atoms with E-state index in [4.69, 9.17) is 0 Å². The molecule has 1 aromatic rings. The Bertz CT molecular complexity index is 484. The summed E-state index contributed by atoms with van der Waals surface area (Å²) in [7, 11) is 0. The van der Waals surface area contributed by atoms with Crippen LogP contribution in [-0.4, -0.2) is 5.91 Å². The molecular formula is C14H16F3NO. The van der Waals surface area contributed by atoms with E-state index in [0.29, 0.717) is 11.5 Å². The highest BCUT2D eigenvalue weighted by Crippen LogP contribution is 2.38. The molecule has 1 aliphatic carbocycles. The quantitative estimate of drug-likeness (QED) is 0.895. The van der Waals surface area contributed by atoms with Gasteiger partial charge in [-0.3, -0.25) is 4.79 Å². The van der Waals surface area contributed by atoms with Crippen LogP contribution in [0, 0.1) is 11.8 Å². The van der Waals surface area contributed by atoms with Crippen LogP contribution in [0.25, 0.3) is 0 Å². The second kappa shape index (κ2) is 4.87. The van der Waals surface area contributed by atoms with Crippen molar-refractivity contribution in [2.24, 2.45) is 11.8 Å². The van der Waals surface area contributed by atoms with Gasteiger partial charge in [0.1, 0.15) is 0 Å². The van der Waals surface area contributed by atoms with Gasteiger partial charge in [0.25, 0.3) is 0 Å². The summed E-state index contributed by atoms with van der Waals surface area (Å²) in [6, 6.07) is 4.65. The molecule has 0 unspecified atom stereocenters. The summed E-state index contributed by atoms with van der Waals surface area (Å²) >= 11 is 0. The Morgan fingerprint density at radius 3 is 2.58 bits per heavy atom. The van der Waals surface area contributed by atoms with Gasteiger partial charge in [0.2, 0.25) is 5.91 Å². The van der Waals surface area contributed by atoms with Crippen molar-refractivity contribution in [3.05, 3.63) is 35.4 Å². The Kier molecular flexibility index (Phi) is 3.56. The average Bonchev–Trinajstić information content (AvgIpc) is 3.05. The molecule has 2 rings (SSSR count). The Balaban J connectivity index is 2.06. The zero-order valence-corrected chi connectivity index (χ0v) is 10.8. The monoisotopic (exact) mass is 271 g/mol. The third-order valence-corrected chi connectivity index (χ3v) is 3.52. The predicted octanol–water partition coefficient (Wildman–Crippen LogP) is 3.54. The van der Waals surface area contributed by atoms with Crippen LogP contribution in [0.2, 0.25) is 0 Å². The number of nitrogens with one attached hydrogen (secondary N) is 1. The van der Waals surface area contributed by atoms with Crippen LogP contribution in [0.15, 0.2) is 24.3 Å². The number of rotatable bonds is 3. The van der Waals surface area contributed by atoms with Gasteiger partial charge in [0.15, 0.2) is 0 Å². The molecule has 1 aliphatic rings. The molecule has 1 N–H and O–H groups in total. The minimum atomic E-state index is -4.36. The fraction of sp³-hybridized carbons (Fsp3) is 0.500. The molecule has 0 aliphatic heterocycles. The van der Waals surface area contributed by atoms with Crippen molar-refractivity contribution < 1.29 is 18.0 Å². The van der Waals surface area contributed by atoms with Gasteiger partial charge in [0, 0.05) is 5.92 Å². The molecular weight excluding hydrogens is 255 g/mol. The molecule has 5 heteroatoms. The van der Waals surface area contributed by atoms with Crippen molar-refractivity contribution in [2.45, 2.75) is 32.5 Å². The molecule has 1 amide bonds. The lowest BCUT2D eigenvalue weighted by atomic mass is 10.0. The van der Waals surface area contributed by atoms with Crippen molar-refractivity contribution in [3.8, 4) is 0 Å². The Hall–Kier alpha value is -1.52. The molecule has 0 heterocycles. The molecule has 3 atom stereocenters. The number of alkyl halides is 3. The summed E-state index contributed by atoms with van der Waals surface area (Å²) in [6.45, 7) is 3.68. The Morgan fingerprint density at radius 1 is 1.42 bits per heavy atom. The molecule has 0 radical (unpaired) electrons. The number of hydrogen-bond donors (Lipinski definition) is 1. The zero-order chi connectivity index (χ0) is 14.2. The largest absolute Gasteiger partial charge is 0.416 e. The van der Waals surface area contributed by atoms with Crippen LogP contribution >= 0.6 is 0 Å². The van der Waals surface area contributed by atoms with Crippen LogP contribution in [0.3, 0.4) is 0 Å². The van der Waals surface area contributed by atoms with Crippen molar-refractivity contribution in [1.29, 1.82) is 0 Å². The van der Waals surface area contributed by atoms with Gasteiger partial charge in [-0.15, -0.1) is 0 Å². The minimum absolute atomic E-state index is 0.0215. The van der Waals surface area contributed by atoms with E-state index in [9.17, 15) is 18.0 Å². The molecule has 0 aromatic heterocycles. The fourth-order valence-electron chi connectivity index (χ4n) is 2.08. The maximum Gasteiger partial charge on any atom is 0.416 e. The van der Waals surface area contributed by atoms with Crippen molar-refractivity contribution >= 4 is 5.91 Å². The first-order chi connectivity index (χ1) is 8.79. The summed E-state index contributed by atoms with van der Waals surface area (Å²) in [5.41, 5.74) is -0.220. The van der Waals surface area contributed by atoms with Gasteiger partial charge in [0.05, 0.1) is 11.6 Å². The summed E-state index contributed by atoms with van der Waals surface area (Å²) in [4.78, 5) is 11.7. The second-order valence-corrected chi connectivity index (χ2v) is 5.17. The average molecular weight is 271 g/mol. The third kappa shape index (κ3) is 3.28. The number of hydrogen-bond acceptors (Lipinski definition) is 1. The number of carbonyl (C=O) groups excluding carboxylic acids is 1. The van der Waals surface area contributed by atoms with Gasteiger partial charge < -0.3 is 5.32 Å². The number of halogens is 3. The fourth-order valence-corrected chi connectivity index (χ4v) is 2.08. The second-order valence-electron chi connectivity index (χ2n) is 5.17. The maximum absolute atomic E-state index is 12.6. The van der Waals surface area contributed by atoms with E-state index < -0.39 is 17.8 Å². The molecule has 19 heavy (non-hydrogen) atoms. The predicted molar refractivity (Wildman–Crippen MR) is 65.3 cm³/mol. The molecule has 0 saturated heterocycles. The summed E-state index contributed by atoms with van der Waals surface area (Å²) in [5, 5.41) is 2.76. The van der Waals surface area contributed by atoms with Gasteiger partial charge in [-0.25, -0.2) is 0 Å². The summed E-state index contributed by atoms with van der Waals surface area (Å²) < 4.78 is 37.8. The van der Waals surface area contributed by atoms with Crippen LogP contribution in [0.5, 0.6) is 0 Å². The van der Waals surface area contributed by atoms with Gasteiger partial charge in [-0.05, 0) is 37.0 Å². The number of amides is 1. The molecule has 0 bridgehead atoms. The lowest BCUT2D eigenvalue weighted by molar-refractivity contribution is -0.137. The standard InChI is InChI=1S/C14H16F3NO/c1-8-6-12(8)13(19)18-9(2)10-4-3-5-11(7-10)14(15,16)17/h3-5,7-9,12H,6H2,1-2H3,(H,18,19)/t8-,9-,12-/m0/s1. The first kappa shape index (κ1) is 13.9. The minimum Gasteiger partial charge on any atom is -0.349 e. The molecule has 104 valence electrons. The Morgan fingerprint density at radius 2 is 2.05 bits per heavy atom. The van der Waals surface area contributed by atoms with Crippen molar-refractivity contribution in [1.82, 2.24) is 5.32 Å². The van der Waals surface area contributed by atoms with Crippen LogP contribution in [-0.2, 0) is 11.0 Å². The van der Waals surface area contributed by atoms with E-state index in [1.54, 1.807) is 13.0 Å². The lowest BCUT2D eigenvalue weighted by Crippen LogP contribution is -2.28. The highest BCUT2D eigenvalue weighted by molar-refractivity contribution is 5.81. The molecule has 1 aromatic carbocycles. The van der Waals surface area contributed by atoms with Crippen molar-refractivity contribution in [2.75, 3.05) is 0 Å². The van der Waals surface area contributed by atoms with E-state index >= 15 is 0 Å². The number of benzene rings is 1. The van der Waals surface area contributed by atoms with Gasteiger partial charge in [-0.2, -0.15) is 13.2 Å². The van der Waals surface area contributed by atoms with Crippen molar-refractivity contribution in [3.63, 3.8) is 0 Å². The number of carbonyl (C=O) groups is 1. The molecule has 1 saturated carbocycles. The summed E-state index contributed by atoms with van der Waals surface area (Å²) in [6.07, 6.45) is -3.49. The highest BCUT2D eigenvalue weighted by Gasteiger charge is 2.39. The molecule has 1 fully saturated rings. The SMILES string of the molecule is C[C@H](NC(=O)[C@H]1C[C@@H]1C)c1cccc(C(F)(F)F)c1. The zero-order valence-electron chi connectivity index (χ0n) is 10.8. The maximum atomic E-state index is 12.6. The van der Waals surface area contributed by atoms with Crippen LogP contribution in [0.4, 0.5) is 13.2 Å². The van der Waals surface area contributed by atoms with Gasteiger partial charge >= 0.3 is 6.18 Å². The first-order valence-electron chi connectivity index (χ1n) is 6.26. The van der Waals surface area contributed by atoms with E-state index in [1.165, 1.54) is 6.07 Å². The van der Waals surface area contributed by atoms with Crippen LogP contribution < -0.4 is 5.32 Å². The smallest absolute Gasteiger partial charge is 0.349 e. The first-order valence-corrected chi connectivity index (χ1v) is 6.26. The normalized spacial score (nSPS) is 23.8. The van der Waals surface area contributed by atoms with Crippen LogP contribution in [0.1, 0.15) is 37.4 Å². The van der Waals surface area contributed by atoms with E-state index in [0.717, 1.165) is 18.6 Å². The highest BCUT2D eigenvalue weighted by atomic mass is 19.4. The summed E-state index contributed by atoms with van der Waals surface area (Å²) in [5.74, 6) is 0.333. The van der Waals surface area contributed by atoms with E-state index in [1.807, 2.05) is 6.92 Å². The topological polar surface area (TPSA) is 29.1 Å². The Labute approximate surface area is 110 Å². The molecule has 2 nitrogen and oxygen atoms in total. The van der Waals surface area contributed by atoms with Gasteiger partial charge in [-0.1, -0.05) is 19.1 Å². The third-order valence-electron chi connectivity index (χ3n) is 3.52. The molecule has 0 spiro atoms. The lowest BCUT2D eigenvalue weighted by Gasteiger charge is -2.16. The van der Waals surface area contributed by atoms with E-state index in [2.05, 4.69) is 5.32 Å². The van der Waals surface area contributed by atoms with E-state index in [-0.39, 0.29) is 11.8 Å².